The van der Waals surface area contributed by atoms with Gasteiger partial charge < -0.3 is 9.47 Å². The summed E-state index contributed by atoms with van der Waals surface area (Å²) in [5.74, 6) is 8.63. The minimum atomic E-state index is 0.249. The largest absolute Gasteiger partial charge is 0.457 e. The summed E-state index contributed by atoms with van der Waals surface area (Å²) in [4.78, 5) is 0. The van der Waals surface area contributed by atoms with E-state index in [0.29, 0.717) is 0 Å². The lowest BCUT2D eigenvalue weighted by atomic mass is 10.2. The first-order valence-electron chi connectivity index (χ1n) is 8.08. The Bertz CT molecular complexity index is 580. The smallest absolute Gasteiger partial charge is 0.230 e. The zero-order valence-corrected chi connectivity index (χ0v) is 16.1. The Labute approximate surface area is 157 Å². The Hall–Kier alpha value is -0.910. The van der Waals surface area contributed by atoms with Crippen LogP contribution in [0.5, 0.6) is 11.5 Å². The monoisotopic (exact) mass is 378 g/mol. The number of ether oxygens (including phenoxy) is 2. The average molecular weight is 379 g/mol. The molecule has 1 aliphatic heterocycles. The van der Waals surface area contributed by atoms with Crippen molar-refractivity contribution in [2.75, 3.05) is 29.8 Å². The van der Waals surface area contributed by atoms with Gasteiger partial charge in [0.05, 0.1) is 0 Å². The molecule has 0 fully saturated rings. The molecule has 5 heteroatoms. The van der Waals surface area contributed by atoms with E-state index in [2.05, 4.69) is 24.3 Å². The Morgan fingerprint density at radius 1 is 0.583 bits per heavy atom. The van der Waals surface area contributed by atoms with E-state index in [9.17, 15) is 0 Å². The van der Waals surface area contributed by atoms with Gasteiger partial charge in [0.2, 0.25) is 6.79 Å². The highest BCUT2D eigenvalue weighted by molar-refractivity contribution is 8.04. The van der Waals surface area contributed by atoms with Gasteiger partial charge in [-0.1, -0.05) is 36.4 Å². The van der Waals surface area contributed by atoms with E-state index in [4.69, 9.17) is 9.47 Å². The molecule has 1 aliphatic rings. The second-order valence-corrected chi connectivity index (χ2v) is 8.77. The van der Waals surface area contributed by atoms with Crippen LogP contribution in [0.4, 0.5) is 0 Å². The highest BCUT2D eigenvalue weighted by atomic mass is 32.2. The predicted octanol–water partition coefficient (Wildman–Crippen LogP) is 5.32. The van der Waals surface area contributed by atoms with Crippen LogP contribution in [0.15, 0.2) is 48.5 Å². The summed E-state index contributed by atoms with van der Waals surface area (Å²) in [7, 11) is 0. The van der Waals surface area contributed by atoms with E-state index in [1.54, 1.807) is 0 Å². The van der Waals surface area contributed by atoms with Gasteiger partial charge in [0.15, 0.2) is 0 Å². The Kier molecular flexibility index (Phi) is 7.58. The van der Waals surface area contributed by atoms with E-state index >= 15 is 0 Å². The lowest BCUT2D eigenvalue weighted by Crippen LogP contribution is -2.08. The van der Waals surface area contributed by atoms with Crippen LogP contribution in [-0.4, -0.2) is 29.8 Å². The molecule has 0 spiro atoms. The Balaban J connectivity index is 1.70. The van der Waals surface area contributed by atoms with Gasteiger partial charge in [-0.25, -0.2) is 0 Å². The van der Waals surface area contributed by atoms with Gasteiger partial charge in [-0.05, 0) is 12.1 Å². The van der Waals surface area contributed by atoms with Crippen molar-refractivity contribution < 1.29 is 9.47 Å². The number of thioether (sulfide) groups is 3. The third kappa shape index (κ3) is 5.57. The molecule has 3 rings (SSSR count). The zero-order valence-electron chi connectivity index (χ0n) is 13.6. The van der Waals surface area contributed by atoms with Gasteiger partial charge in [-0.2, -0.15) is 35.3 Å². The maximum absolute atomic E-state index is 5.90. The molecule has 2 nitrogen and oxygen atoms in total. The molecule has 0 aromatic heterocycles. The maximum Gasteiger partial charge on any atom is 0.230 e. The average Bonchev–Trinajstić information content (AvgIpc) is 2.61. The molecule has 0 radical (unpaired) electrons. The standard InChI is InChI=1S/C19H22O2S3/c1-3-7-18-16(5-1)13-23-11-9-22-10-12-24-14-17-6-2-4-8-19(17)21-15-20-18/h1-8H,9-15H2. The molecule has 128 valence electrons. The summed E-state index contributed by atoms with van der Waals surface area (Å²) in [6, 6.07) is 16.5. The summed E-state index contributed by atoms with van der Waals surface area (Å²) in [5, 5.41) is 0. The van der Waals surface area contributed by atoms with Crippen molar-refractivity contribution in [2.45, 2.75) is 11.5 Å². The van der Waals surface area contributed by atoms with Crippen molar-refractivity contribution in [3.05, 3.63) is 59.7 Å². The predicted molar refractivity (Wildman–Crippen MR) is 109 cm³/mol. The first-order chi connectivity index (χ1) is 11.9. The molecule has 0 unspecified atom stereocenters. The van der Waals surface area contributed by atoms with Gasteiger partial charge >= 0.3 is 0 Å². The molecule has 24 heavy (non-hydrogen) atoms. The van der Waals surface area contributed by atoms with Gasteiger partial charge in [-0.15, -0.1) is 0 Å². The molecule has 2 aromatic carbocycles. The normalized spacial score (nSPS) is 17.0. The molecule has 0 aliphatic carbocycles. The van der Waals surface area contributed by atoms with Gasteiger partial charge in [0.1, 0.15) is 11.5 Å². The van der Waals surface area contributed by atoms with Crippen LogP contribution >= 0.6 is 35.3 Å². The van der Waals surface area contributed by atoms with Crippen LogP contribution in [0, 0.1) is 0 Å². The van der Waals surface area contributed by atoms with E-state index < -0.39 is 0 Å². The molecular weight excluding hydrogens is 356 g/mol. The summed E-state index contributed by atoms with van der Waals surface area (Å²) < 4.78 is 11.8. The highest BCUT2D eigenvalue weighted by Gasteiger charge is 2.07. The lowest BCUT2D eigenvalue weighted by molar-refractivity contribution is 0.118. The fourth-order valence-corrected chi connectivity index (χ4v) is 5.68. The van der Waals surface area contributed by atoms with Crippen LogP contribution < -0.4 is 9.47 Å². The maximum atomic E-state index is 5.90. The van der Waals surface area contributed by atoms with E-state index in [-0.39, 0.29) is 6.79 Å². The SMILES string of the molecule is c1ccc2c(c1)CSCCSCCSCc1ccccc1OCO2. The number of para-hydroxylation sites is 2. The number of rotatable bonds is 0. The van der Waals surface area contributed by atoms with Crippen LogP contribution in [0.25, 0.3) is 0 Å². The molecule has 0 atom stereocenters. The quantitative estimate of drug-likeness (QED) is 0.616. The molecule has 0 amide bonds. The molecule has 1 heterocycles. The zero-order chi connectivity index (χ0) is 16.5. The molecule has 2 aromatic rings. The van der Waals surface area contributed by atoms with Gasteiger partial charge in [-0.3, -0.25) is 0 Å². The van der Waals surface area contributed by atoms with Crippen LogP contribution in [-0.2, 0) is 11.5 Å². The molecular formula is C19H22O2S3. The van der Waals surface area contributed by atoms with Crippen LogP contribution in [0.2, 0.25) is 0 Å². The first-order valence-corrected chi connectivity index (χ1v) is 11.5. The minimum absolute atomic E-state index is 0.249. The van der Waals surface area contributed by atoms with Crippen molar-refractivity contribution in [1.29, 1.82) is 0 Å². The summed E-state index contributed by atoms with van der Waals surface area (Å²) in [6.07, 6.45) is 0. The molecule has 0 bridgehead atoms. The van der Waals surface area contributed by atoms with E-state index in [1.807, 2.05) is 59.6 Å². The van der Waals surface area contributed by atoms with Crippen molar-refractivity contribution in [3.8, 4) is 11.5 Å². The number of benzene rings is 2. The first kappa shape index (κ1) is 17.9. The second-order valence-electron chi connectivity index (χ2n) is 5.34. The minimum Gasteiger partial charge on any atom is -0.457 e. The van der Waals surface area contributed by atoms with Crippen molar-refractivity contribution in [2.24, 2.45) is 0 Å². The van der Waals surface area contributed by atoms with Gasteiger partial charge in [0, 0.05) is 45.6 Å². The molecule has 0 saturated carbocycles. The number of fused-ring (bicyclic) bond motifs is 2. The van der Waals surface area contributed by atoms with Gasteiger partial charge in [0.25, 0.3) is 0 Å². The topological polar surface area (TPSA) is 18.5 Å². The summed E-state index contributed by atoms with van der Waals surface area (Å²) in [6.45, 7) is 0.249. The summed E-state index contributed by atoms with van der Waals surface area (Å²) in [5.41, 5.74) is 2.49. The van der Waals surface area contributed by atoms with Crippen molar-refractivity contribution >= 4 is 35.3 Å². The van der Waals surface area contributed by atoms with Crippen LogP contribution in [0.1, 0.15) is 11.1 Å². The molecule has 0 saturated heterocycles. The lowest BCUT2D eigenvalue weighted by Gasteiger charge is -2.15. The third-order valence-corrected chi connectivity index (χ3v) is 7.15. The van der Waals surface area contributed by atoms with E-state index in [1.165, 1.54) is 34.1 Å². The fraction of sp³-hybridized carbons (Fsp3) is 0.368. The van der Waals surface area contributed by atoms with Crippen molar-refractivity contribution in [1.82, 2.24) is 0 Å². The highest BCUT2D eigenvalue weighted by Crippen LogP contribution is 2.27. The number of hydrogen-bond acceptors (Lipinski definition) is 5. The summed E-state index contributed by atoms with van der Waals surface area (Å²) >= 11 is 5.99. The third-order valence-electron chi connectivity index (χ3n) is 3.63. The Morgan fingerprint density at radius 3 is 1.58 bits per heavy atom. The molecule has 0 N–H and O–H groups in total. The van der Waals surface area contributed by atoms with Crippen LogP contribution in [0.3, 0.4) is 0 Å². The van der Waals surface area contributed by atoms with Crippen molar-refractivity contribution in [3.63, 3.8) is 0 Å². The van der Waals surface area contributed by atoms with E-state index in [0.717, 1.165) is 23.0 Å². The Morgan fingerprint density at radius 2 is 1.04 bits per heavy atom. The second kappa shape index (κ2) is 10.2. The fourth-order valence-electron chi connectivity index (χ4n) is 2.39. The number of hydrogen-bond donors (Lipinski definition) is 0.